The van der Waals surface area contributed by atoms with Gasteiger partial charge in [0.05, 0.1) is 33.0 Å². The molecule has 6 nitrogen and oxygen atoms in total. The Kier molecular flexibility index (Phi) is 6.27. The van der Waals surface area contributed by atoms with E-state index in [-0.39, 0.29) is 18.8 Å². The Bertz CT molecular complexity index is 457. The molecule has 0 aliphatic heterocycles. The highest BCUT2D eigenvalue weighted by molar-refractivity contribution is 5.79. The monoisotopic (exact) mass is 284 g/mol. The molecule has 0 spiro atoms. The number of hydrogen-bond acceptors (Lipinski definition) is 6. The second-order valence-electron chi connectivity index (χ2n) is 3.96. The van der Waals surface area contributed by atoms with E-state index in [1.54, 1.807) is 26.2 Å². The molecule has 0 saturated heterocycles. The summed E-state index contributed by atoms with van der Waals surface area (Å²) in [6.07, 6.45) is -1.48. The molecule has 1 rings (SSSR count). The zero-order valence-electron chi connectivity index (χ0n) is 12.1. The van der Waals surface area contributed by atoms with E-state index in [0.717, 1.165) is 0 Å². The molecule has 1 unspecified atom stereocenters. The predicted octanol–water partition coefficient (Wildman–Crippen LogP) is 1.45. The predicted molar refractivity (Wildman–Crippen MR) is 71.9 cm³/mol. The number of carbonyl (C=O) groups excluding carboxylic acids is 1. The number of aliphatic hydroxyl groups excluding tert-OH is 1. The minimum atomic E-state index is -1.48. The zero-order chi connectivity index (χ0) is 15.1. The van der Waals surface area contributed by atoms with E-state index >= 15 is 0 Å². The Hall–Kier alpha value is -1.79. The summed E-state index contributed by atoms with van der Waals surface area (Å²) in [4.78, 5) is 11.7. The van der Waals surface area contributed by atoms with Crippen LogP contribution in [0.4, 0.5) is 0 Å². The SMILES string of the molecule is CCOC(=O)C(O)c1c(OC)ccc(COC)c1OC. The first-order valence-electron chi connectivity index (χ1n) is 6.18. The molecular weight excluding hydrogens is 264 g/mol. The fourth-order valence-electron chi connectivity index (χ4n) is 1.91. The van der Waals surface area contributed by atoms with E-state index in [2.05, 4.69) is 0 Å². The zero-order valence-corrected chi connectivity index (χ0v) is 12.1. The van der Waals surface area contributed by atoms with Gasteiger partial charge in [0, 0.05) is 12.7 Å². The molecule has 0 heterocycles. The van der Waals surface area contributed by atoms with Gasteiger partial charge in [-0.15, -0.1) is 0 Å². The highest BCUT2D eigenvalue weighted by Gasteiger charge is 2.28. The molecule has 0 aliphatic carbocycles. The Morgan fingerprint density at radius 1 is 1.25 bits per heavy atom. The van der Waals surface area contributed by atoms with Crippen LogP contribution in [-0.4, -0.2) is 39.0 Å². The van der Waals surface area contributed by atoms with Crippen molar-refractivity contribution in [3.05, 3.63) is 23.3 Å². The number of esters is 1. The highest BCUT2D eigenvalue weighted by atomic mass is 16.5. The second-order valence-corrected chi connectivity index (χ2v) is 3.96. The van der Waals surface area contributed by atoms with Crippen LogP contribution in [0.25, 0.3) is 0 Å². The number of benzene rings is 1. The van der Waals surface area contributed by atoms with Crippen molar-refractivity contribution in [3.8, 4) is 11.5 Å². The Morgan fingerprint density at radius 2 is 1.95 bits per heavy atom. The van der Waals surface area contributed by atoms with Crippen molar-refractivity contribution in [1.29, 1.82) is 0 Å². The third-order valence-electron chi connectivity index (χ3n) is 2.74. The molecule has 6 heteroatoms. The molecule has 0 aromatic heterocycles. The van der Waals surface area contributed by atoms with Crippen molar-refractivity contribution >= 4 is 5.97 Å². The van der Waals surface area contributed by atoms with Gasteiger partial charge in [-0.3, -0.25) is 0 Å². The third-order valence-corrected chi connectivity index (χ3v) is 2.74. The van der Waals surface area contributed by atoms with E-state index in [1.807, 2.05) is 0 Å². The summed E-state index contributed by atoms with van der Waals surface area (Å²) in [5.74, 6) is -0.0484. The van der Waals surface area contributed by atoms with E-state index in [0.29, 0.717) is 17.1 Å². The lowest BCUT2D eigenvalue weighted by Gasteiger charge is -2.19. The normalized spacial score (nSPS) is 11.8. The van der Waals surface area contributed by atoms with Gasteiger partial charge in [-0.05, 0) is 19.1 Å². The van der Waals surface area contributed by atoms with Crippen molar-refractivity contribution in [2.24, 2.45) is 0 Å². The Labute approximate surface area is 118 Å². The van der Waals surface area contributed by atoms with Gasteiger partial charge in [0.2, 0.25) is 0 Å². The van der Waals surface area contributed by atoms with Crippen molar-refractivity contribution in [3.63, 3.8) is 0 Å². The average molecular weight is 284 g/mol. The third kappa shape index (κ3) is 3.40. The molecule has 1 atom stereocenters. The van der Waals surface area contributed by atoms with Crippen molar-refractivity contribution in [2.75, 3.05) is 27.9 Å². The summed E-state index contributed by atoms with van der Waals surface area (Å²) in [6, 6.07) is 3.40. The summed E-state index contributed by atoms with van der Waals surface area (Å²) in [7, 11) is 4.45. The van der Waals surface area contributed by atoms with E-state index < -0.39 is 12.1 Å². The van der Waals surface area contributed by atoms with Crippen LogP contribution in [0.1, 0.15) is 24.2 Å². The van der Waals surface area contributed by atoms with Gasteiger partial charge in [-0.2, -0.15) is 0 Å². The van der Waals surface area contributed by atoms with Crippen LogP contribution >= 0.6 is 0 Å². The summed E-state index contributed by atoms with van der Waals surface area (Å²) in [6.45, 7) is 2.13. The van der Waals surface area contributed by atoms with Crippen LogP contribution in [0, 0.1) is 0 Å². The number of carbonyl (C=O) groups is 1. The first-order valence-corrected chi connectivity index (χ1v) is 6.18. The molecule has 1 aromatic carbocycles. The van der Waals surface area contributed by atoms with Crippen molar-refractivity contribution in [2.45, 2.75) is 19.6 Å². The van der Waals surface area contributed by atoms with Crippen molar-refractivity contribution in [1.82, 2.24) is 0 Å². The van der Waals surface area contributed by atoms with E-state index in [9.17, 15) is 9.90 Å². The Balaban J connectivity index is 3.31. The van der Waals surface area contributed by atoms with Gasteiger partial charge in [-0.25, -0.2) is 4.79 Å². The summed E-state index contributed by atoms with van der Waals surface area (Å²) >= 11 is 0. The highest BCUT2D eigenvalue weighted by Crippen LogP contribution is 2.37. The number of methoxy groups -OCH3 is 3. The fourth-order valence-corrected chi connectivity index (χ4v) is 1.91. The number of ether oxygens (including phenoxy) is 4. The minimum absolute atomic E-state index is 0.179. The van der Waals surface area contributed by atoms with Gasteiger partial charge in [0.1, 0.15) is 11.5 Å². The summed E-state index contributed by atoms with van der Waals surface area (Å²) in [5, 5.41) is 10.2. The van der Waals surface area contributed by atoms with Gasteiger partial charge < -0.3 is 24.1 Å². The molecule has 1 N–H and O–H groups in total. The largest absolute Gasteiger partial charge is 0.496 e. The molecule has 0 fully saturated rings. The van der Waals surface area contributed by atoms with Crippen LogP contribution in [0.2, 0.25) is 0 Å². The quantitative estimate of drug-likeness (QED) is 0.764. The fraction of sp³-hybridized carbons (Fsp3) is 0.500. The van der Waals surface area contributed by atoms with Crippen LogP contribution in [0.15, 0.2) is 12.1 Å². The summed E-state index contributed by atoms with van der Waals surface area (Å²) in [5.41, 5.74) is 0.942. The Morgan fingerprint density at radius 3 is 2.45 bits per heavy atom. The van der Waals surface area contributed by atoms with Gasteiger partial charge in [-0.1, -0.05) is 0 Å². The standard InChI is InChI=1S/C14H20O6/c1-5-20-14(16)12(15)11-10(18-3)7-6-9(8-17-2)13(11)19-4/h6-7,12,15H,5,8H2,1-4H3. The maximum atomic E-state index is 11.7. The van der Waals surface area contributed by atoms with Gasteiger partial charge >= 0.3 is 5.97 Å². The maximum Gasteiger partial charge on any atom is 0.339 e. The smallest absolute Gasteiger partial charge is 0.339 e. The number of aliphatic hydroxyl groups is 1. The lowest BCUT2D eigenvalue weighted by Crippen LogP contribution is -2.17. The molecule has 0 saturated carbocycles. The van der Waals surface area contributed by atoms with Gasteiger partial charge in [0.25, 0.3) is 0 Å². The molecule has 1 aromatic rings. The molecular formula is C14H20O6. The van der Waals surface area contributed by atoms with Gasteiger partial charge in [0.15, 0.2) is 6.10 Å². The first kappa shape index (κ1) is 16.3. The van der Waals surface area contributed by atoms with Crippen LogP contribution < -0.4 is 9.47 Å². The second kappa shape index (κ2) is 7.72. The lowest BCUT2D eigenvalue weighted by atomic mass is 10.0. The lowest BCUT2D eigenvalue weighted by molar-refractivity contribution is -0.153. The number of hydrogen-bond donors (Lipinski definition) is 1. The molecule has 112 valence electrons. The molecule has 0 radical (unpaired) electrons. The first-order chi connectivity index (χ1) is 9.60. The maximum absolute atomic E-state index is 11.7. The average Bonchev–Trinajstić information content (AvgIpc) is 2.46. The van der Waals surface area contributed by atoms with E-state index in [4.69, 9.17) is 18.9 Å². The molecule has 20 heavy (non-hydrogen) atoms. The minimum Gasteiger partial charge on any atom is -0.496 e. The van der Waals surface area contributed by atoms with Crippen LogP contribution in [0.3, 0.4) is 0 Å². The molecule has 0 bridgehead atoms. The van der Waals surface area contributed by atoms with Crippen molar-refractivity contribution < 1.29 is 28.8 Å². The molecule has 0 aliphatic rings. The van der Waals surface area contributed by atoms with Crippen LogP contribution in [0.5, 0.6) is 11.5 Å². The van der Waals surface area contributed by atoms with E-state index in [1.165, 1.54) is 14.2 Å². The molecule has 0 amide bonds. The topological polar surface area (TPSA) is 74.2 Å². The summed E-state index contributed by atoms with van der Waals surface area (Å²) < 4.78 is 20.4. The van der Waals surface area contributed by atoms with Crippen LogP contribution in [-0.2, 0) is 20.9 Å². The number of rotatable bonds is 7.